The molecule has 9 aliphatic heterocycles. The zero-order valence-corrected chi connectivity index (χ0v) is 62.1. The van der Waals surface area contributed by atoms with Crippen molar-refractivity contribution in [2.24, 2.45) is 0 Å². The van der Waals surface area contributed by atoms with Crippen molar-refractivity contribution in [1.29, 1.82) is 0 Å². The lowest BCUT2D eigenvalue weighted by molar-refractivity contribution is -0.412. The van der Waals surface area contributed by atoms with Crippen LogP contribution in [0.5, 0.6) is 0 Å². The highest BCUT2D eigenvalue weighted by Gasteiger charge is 2.62. The predicted molar refractivity (Wildman–Crippen MR) is 355 cm³/mol. The van der Waals surface area contributed by atoms with E-state index in [-0.39, 0.29) is 0 Å². The summed E-state index contributed by atoms with van der Waals surface area (Å²) in [6.45, 7) is -5.58. The van der Waals surface area contributed by atoms with Gasteiger partial charge in [-0.3, -0.25) is 24.0 Å². The third-order valence-corrected chi connectivity index (χ3v) is 20.8. The van der Waals surface area contributed by atoms with Crippen molar-refractivity contribution in [3.63, 3.8) is 0 Å². The van der Waals surface area contributed by atoms with E-state index in [0.29, 0.717) is 0 Å². The second-order valence-electron chi connectivity index (χ2n) is 28.9. The summed E-state index contributed by atoms with van der Waals surface area (Å²) < 4.78 is 103. The van der Waals surface area contributed by atoms with Crippen molar-refractivity contribution in [2.45, 2.75) is 311 Å². The molecule has 0 bridgehead atoms. The number of aliphatic hydroxyl groups is 24. The predicted octanol–water partition coefficient (Wildman–Crippen LogP) is -19.9. The molecular weight excluding hydrogens is 1570 g/mol. The largest absolute Gasteiger partial charge is 0.394 e. The summed E-state index contributed by atoms with van der Waals surface area (Å²) in [5.74, 6) is -4.68. The first-order chi connectivity index (χ1) is 54.4. The van der Waals surface area contributed by atoms with E-state index in [1.54, 1.807) is 0 Å². The van der Waals surface area contributed by atoms with Gasteiger partial charge in [-0.05, 0) is 0 Å². The van der Waals surface area contributed by atoms with Crippen LogP contribution in [-0.4, -0.2) is 488 Å². The molecule has 0 unspecified atom stereocenters. The zero-order chi connectivity index (χ0) is 84.8. The second kappa shape index (κ2) is 41.5. The van der Waals surface area contributed by atoms with Gasteiger partial charge in [0.15, 0.2) is 56.6 Å². The Bertz CT molecular complexity index is 3100. The van der Waals surface area contributed by atoms with Gasteiger partial charge in [0.25, 0.3) is 0 Å². The van der Waals surface area contributed by atoms with E-state index in [9.17, 15) is 147 Å². The zero-order valence-electron chi connectivity index (χ0n) is 62.1. The Hall–Kier alpha value is -4.29. The van der Waals surface area contributed by atoms with E-state index in [0.717, 1.165) is 34.6 Å². The fraction of sp³-hybridized carbons (Fsp3) is 0.922. The van der Waals surface area contributed by atoms with E-state index >= 15 is 0 Å². The number of carbonyl (C=O) groups excluding carboxylic acids is 5. The van der Waals surface area contributed by atoms with Gasteiger partial charge in [-0.2, -0.15) is 0 Å². The normalized spacial score (nSPS) is 47.9. The molecule has 45 atom stereocenters. The van der Waals surface area contributed by atoms with E-state index in [4.69, 9.17) is 80.5 Å². The molecule has 0 aliphatic carbocycles. The molecular formula is C64H107N5O46. The van der Waals surface area contributed by atoms with Crippen LogP contribution in [0.1, 0.15) is 34.6 Å². The van der Waals surface area contributed by atoms with Crippen molar-refractivity contribution in [3.05, 3.63) is 0 Å². The molecule has 0 saturated carbocycles. The fourth-order valence-corrected chi connectivity index (χ4v) is 14.9. The van der Waals surface area contributed by atoms with Crippen molar-refractivity contribution in [3.8, 4) is 0 Å². The molecule has 115 heavy (non-hydrogen) atoms. The lowest BCUT2D eigenvalue weighted by Gasteiger charge is -2.53. The summed E-state index contributed by atoms with van der Waals surface area (Å²) in [5, 5.41) is 281. The molecule has 9 rings (SSSR count). The smallest absolute Gasteiger partial charge is 0.217 e. The van der Waals surface area contributed by atoms with Crippen LogP contribution in [0.3, 0.4) is 0 Å². The van der Waals surface area contributed by atoms with E-state index in [2.05, 4.69) is 26.6 Å². The van der Waals surface area contributed by atoms with Crippen molar-refractivity contribution in [2.75, 3.05) is 59.5 Å². The highest BCUT2D eigenvalue weighted by Crippen LogP contribution is 2.41. The molecule has 0 aromatic carbocycles. The first-order valence-electron chi connectivity index (χ1n) is 36.6. The first-order valence-corrected chi connectivity index (χ1v) is 36.6. The maximum atomic E-state index is 13.3. The second-order valence-corrected chi connectivity index (χ2v) is 28.9. The van der Waals surface area contributed by atoms with Crippen LogP contribution in [-0.2, 0) is 104 Å². The van der Waals surface area contributed by atoms with E-state index in [1.807, 2.05) is 0 Å². The Morgan fingerprint density at radius 2 is 0.478 bits per heavy atom. The van der Waals surface area contributed by atoms with Gasteiger partial charge >= 0.3 is 0 Å². The minimum atomic E-state index is -2.72. The Kier molecular flexibility index (Phi) is 34.1. The monoisotopic (exact) mass is 1680 g/mol. The molecule has 0 aromatic heterocycles. The maximum Gasteiger partial charge on any atom is 0.217 e. The number of hydrogen-bond acceptors (Lipinski definition) is 46. The molecule has 9 heterocycles. The summed E-state index contributed by atoms with van der Waals surface area (Å²) >= 11 is 0. The molecule has 9 saturated heterocycles. The maximum absolute atomic E-state index is 13.3. The molecule has 9 aliphatic rings. The number of nitrogens with one attached hydrogen (secondary N) is 5. The summed E-state index contributed by atoms with van der Waals surface area (Å²) in [5.41, 5.74) is 0. The summed E-state index contributed by atoms with van der Waals surface area (Å²) in [7, 11) is 0. The molecule has 0 spiro atoms. The van der Waals surface area contributed by atoms with Gasteiger partial charge in [-0.25, -0.2) is 0 Å². The number of aliphatic hydroxyl groups excluding tert-OH is 24. The lowest BCUT2D eigenvalue weighted by Crippen LogP contribution is -2.72. The molecule has 51 heteroatoms. The average Bonchev–Trinajstić information content (AvgIpc) is 0.760. The summed E-state index contributed by atoms with van der Waals surface area (Å²) in [4.78, 5) is 64.4. The Balaban J connectivity index is 1.17. The molecule has 664 valence electrons. The van der Waals surface area contributed by atoms with Crippen LogP contribution in [0, 0.1) is 0 Å². The molecule has 29 N–H and O–H groups in total. The van der Waals surface area contributed by atoms with Crippen LogP contribution in [0.4, 0.5) is 0 Å². The molecule has 51 nitrogen and oxygen atoms in total. The standard InChI is InChI=1S/C64H107N5O46/c1-15(78)65-29-40(89)49(24(10-74)100-56(29)98)109-59-32(68-18(4)81)42(91)51(26(12-76)105-59)112-63-48(97)54(53(113-57-30(66-16(2)79)38(87)34(83)20(6-70)101-57)28(108-63)14-99-61-45(94)43(92)36(85)22(8-72)103-61)114-64-55(115-58-31(67-17(3)80)39(88)35(84)21(7-71)102-58)47(96)52(27(13-77)107-64)110-60-33(69-19(5)82)41(90)50(25(11-75)106-60)111-62-46(95)44(93)37(86)23(9-73)104-62/h20-64,70-77,83-98H,6-14H2,1-5H3,(H,65,78)(H,66,79)(H,67,80)(H,68,81)(H,69,82)/t20-,21-,22-,23-,24-,25-,26-,27-,28-,29-,30-,31-,32-,33-,34-,35-,36-,37+,38-,39-,40-,41-,42-,43+,44+,45+,46-,47+,48+,49-,50-,51-,52-,53-,54-,55+,56-,57+,58+,59+,60+,61+,62+,63+,64-/m1/s1. The number of ether oxygens (including phenoxy) is 17. The Labute approximate surface area is 651 Å². The van der Waals surface area contributed by atoms with E-state index in [1.165, 1.54) is 0 Å². The topological polar surface area (TPSA) is 788 Å². The Morgan fingerprint density at radius 1 is 0.226 bits per heavy atom. The SMILES string of the molecule is CC(=O)N[C@@H]1[C@@H](O)[C@H](O[C@@H]2O[C@H](CO)[C@@H](O[C@@H]3O[C@H](CO[C@H]4O[C@H](CO)[C@@H](O)[C@H](O)[C@@H]4O)[C@@H](O[C@@H]4O[C@H](CO)[C@@H](O)[C@H](O)[C@H]4NC(C)=O)[C@H](O[C@H]4O[C@H](CO)[C@@H](O[C@@H]5O[C@H](CO)[C@@H](O[C@@H]6O[C@H](CO)[C@H](O)[C@H](O)[C@H]6O)[C@H](O)[C@H]5NC(C)=O)[C@H](O)[C@@H]4O[C@@H]4O[C@H](CO)[C@@H](O)[C@H](O)[C@H]4NC(C)=O)[C@@H]3O)[C@H](O)[C@H]2NC(C)=O)[C@@H](CO)O[C@H]1O. The summed E-state index contributed by atoms with van der Waals surface area (Å²) in [6.07, 6.45) is -85.8. The Morgan fingerprint density at radius 3 is 0.861 bits per heavy atom. The molecule has 0 aromatic rings. The molecule has 9 fully saturated rings. The number of hydrogen-bond donors (Lipinski definition) is 29. The quantitative estimate of drug-likeness (QED) is 0.0318. The van der Waals surface area contributed by atoms with Gasteiger partial charge in [0.05, 0.1) is 59.5 Å². The van der Waals surface area contributed by atoms with Crippen LogP contribution < -0.4 is 26.6 Å². The molecule has 0 radical (unpaired) electrons. The first kappa shape index (κ1) is 94.6. The van der Waals surface area contributed by atoms with Crippen LogP contribution in [0.15, 0.2) is 0 Å². The van der Waals surface area contributed by atoms with Crippen molar-refractivity contribution < 1.29 is 227 Å². The molecule has 5 amide bonds. The van der Waals surface area contributed by atoms with Crippen molar-refractivity contribution >= 4 is 29.5 Å². The number of carbonyl (C=O) groups is 5. The minimum absolute atomic E-state index is 0.802. The third-order valence-electron chi connectivity index (χ3n) is 20.8. The van der Waals surface area contributed by atoms with Gasteiger partial charge in [-0.1, -0.05) is 0 Å². The average molecular weight is 1680 g/mol. The van der Waals surface area contributed by atoms with Crippen LogP contribution in [0.2, 0.25) is 0 Å². The van der Waals surface area contributed by atoms with Gasteiger partial charge in [0.1, 0.15) is 219 Å². The third kappa shape index (κ3) is 21.3. The van der Waals surface area contributed by atoms with E-state index < -0.39 is 365 Å². The number of rotatable bonds is 30. The highest BCUT2D eigenvalue weighted by atomic mass is 16.8. The minimum Gasteiger partial charge on any atom is -0.394 e. The van der Waals surface area contributed by atoms with Gasteiger partial charge in [0.2, 0.25) is 29.5 Å². The van der Waals surface area contributed by atoms with Crippen molar-refractivity contribution in [1.82, 2.24) is 26.6 Å². The van der Waals surface area contributed by atoms with Gasteiger partial charge < -0.3 is 230 Å². The fourth-order valence-electron chi connectivity index (χ4n) is 14.9. The van der Waals surface area contributed by atoms with Crippen LogP contribution in [0.25, 0.3) is 0 Å². The number of amides is 5. The highest BCUT2D eigenvalue weighted by molar-refractivity contribution is 5.75. The lowest BCUT2D eigenvalue weighted by atomic mass is 9.93. The van der Waals surface area contributed by atoms with Gasteiger partial charge in [0, 0.05) is 34.6 Å². The van der Waals surface area contributed by atoms with Gasteiger partial charge in [-0.15, -0.1) is 0 Å². The summed E-state index contributed by atoms with van der Waals surface area (Å²) in [6, 6.07) is -9.58. The van der Waals surface area contributed by atoms with Crippen LogP contribution >= 0.6 is 0 Å².